The van der Waals surface area contributed by atoms with Gasteiger partial charge in [-0.2, -0.15) is 0 Å². The highest BCUT2D eigenvalue weighted by Crippen LogP contribution is 2.18. The Morgan fingerprint density at radius 2 is 2.16 bits per heavy atom. The molecule has 1 rings (SSSR count). The zero-order valence-electron chi connectivity index (χ0n) is 12.5. The number of aromatic nitrogens is 1. The monoisotopic (exact) mass is 265 g/mol. The van der Waals surface area contributed by atoms with Crippen LogP contribution in [0, 0.1) is 0 Å². The van der Waals surface area contributed by atoms with Gasteiger partial charge in [-0.25, -0.2) is 0 Å². The normalized spacial score (nSPS) is 10.7. The summed E-state index contributed by atoms with van der Waals surface area (Å²) in [5.74, 6) is 0. The quantitative estimate of drug-likeness (QED) is 0.659. The zero-order chi connectivity index (χ0) is 13.9. The lowest BCUT2D eigenvalue weighted by atomic mass is 10.2. The summed E-state index contributed by atoms with van der Waals surface area (Å²) < 4.78 is 5.45. The molecule has 1 N–H and O–H groups in total. The lowest BCUT2D eigenvalue weighted by Crippen LogP contribution is -2.29. The molecule has 0 saturated heterocycles. The van der Waals surface area contributed by atoms with Gasteiger partial charge in [0.05, 0.1) is 18.5 Å². The van der Waals surface area contributed by atoms with Crippen molar-refractivity contribution in [1.82, 2.24) is 10.3 Å². The molecule has 0 aliphatic heterocycles. The average Bonchev–Trinajstić information content (AvgIpc) is 2.45. The van der Waals surface area contributed by atoms with Crippen LogP contribution in [0.3, 0.4) is 0 Å². The Hall–Kier alpha value is -1.13. The molecule has 0 saturated carbocycles. The van der Waals surface area contributed by atoms with Gasteiger partial charge in [0, 0.05) is 32.4 Å². The lowest BCUT2D eigenvalue weighted by molar-refractivity contribution is 0.154. The molecule has 108 valence electrons. The van der Waals surface area contributed by atoms with E-state index in [1.54, 1.807) is 0 Å². The fourth-order valence-electron chi connectivity index (χ4n) is 2.02. The maximum Gasteiger partial charge on any atom is 0.0641 e. The van der Waals surface area contributed by atoms with Crippen molar-refractivity contribution in [2.45, 2.75) is 33.7 Å². The van der Waals surface area contributed by atoms with Crippen LogP contribution in [0.1, 0.15) is 32.8 Å². The molecule has 0 radical (unpaired) electrons. The highest BCUT2D eigenvalue weighted by molar-refractivity contribution is 5.51. The zero-order valence-corrected chi connectivity index (χ0v) is 12.5. The van der Waals surface area contributed by atoms with Gasteiger partial charge >= 0.3 is 0 Å². The molecule has 0 aromatic carbocycles. The van der Waals surface area contributed by atoms with E-state index >= 15 is 0 Å². The van der Waals surface area contributed by atoms with E-state index in [0.717, 1.165) is 45.8 Å². The molecule has 4 nitrogen and oxygen atoms in total. The van der Waals surface area contributed by atoms with E-state index in [-0.39, 0.29) is 0 Å². The summed E-state index contributed by atoms with van der Waals surface area (Å²) in [6, 6.07) is 2.10. The first kappa shape index (κ1) is 15.9. The highest BCUT2D eigenvalue weighted by Gasteiger charge is 2.09. The fourth-order valence-corrected chi connectivity index (χ4v) is 2.02. The molecule has 0 spiro atoms. The molecule has 1 heterocycles. The van der Waals surface area contributed by atoms with Gasteiger partial charge in [-0.3, -0.25) is 4.98 Å². The van der Waals surface area contributed by atoms with Crippen molar-refractivity contribution in [3.63, 3.8) is 0 Å². The molecular formula is C15H27N3O. The number of hydrogen-bond donors (Lipinski definition) is 1. The third-order valence-corrected chi connectivity index (χ3v) is 3.06. The van der Waals surface area contributed by atoms with Crippen LogP contribution < -0.4 is 10.2 Å². The molecule has 0 bridgehead atoms. The van der Waals surface area contributed by atoms with Crippen LogP contribution in [0.2, 0.25) is 0 Å². The molecule has 1 aromatic rings. The Morgan fingerprint density at radius 3 is 2.84 bits per heavy atom. The predicted molar refractivity (Wildman–Crippen MR) is 80.6 cm³/mol. The Kier molecular flexibility index (Phi) is 8.18. The van der Waals surface area contributed by atoms with E-state index in [1.807, 2.05) is 19.3 Å². The number of nitrogens with zero attached hydrogens (tertiary/aromatic N) is 2. The van der Waals surface area contributed by atoms with Crippen molar-refractivity contribution in [3.8, 4) is 0 Å². The van der Waals surface area contributed by atoms with Crippen LogP contribution in [0.15, 0.2) is 18.5 Å². The van der Waals surface area contributed by atoms with Crippen molar-refractivity contribution >= 4 is 5.69 Å². The molecule has 0 fully saturated rings. The van der Waals surface area contributed by atoms with Crippen LogP contribution >= 0.6 is 0 Å². The summed E-state index contributed by atoms with van der Waals surface area (Å²) in [5, 5.41) is 3.45. The van der Waals surface area contributed by atoms with Gasteiger partial charge in [0.1, 0.15) is 0 Å². The maximum atomic E-state index is 5.45. The summed E-state index contributed by atoms with van der Waals surface area (Å²) in [6.45, 7) is 11.8. The van der Waals surface area contributed by atoms with Gasteiger partial charge in [-0.15, -0.1) is 0 Å². The van der Waals surface area contributed by atoms with Crippen molar-refractivity contribution in [2.24, 2.45) is 0 Å². The topological polar surface area (TPSA) is 37.4 Å². The van der Waals surface area contributed by atoms with Crippen LogP contribution in [-0.4, -0.2) is 37.8 Å². The molecule has 0 unspecified atom stereocenters. The van der Waals surface area contributed by atoms with Crippen molar-refractivity contribution in [3.05, 3.63) is 24.0 Å². The van der Waals surface area contributed by atoms with Crippen LogP contribution in [0.5, 0.6) is 0 Å². The summed E-state index contributed by atoms with van der Waals surface area (Å²) in [4.78, 5) is 6.59. The van der Waals surface area contributed by atoms with Gasteiger partial charge in [-0.05, 0) is 38.4 Å². The fraction of sp³-hybridized carbons (Fsp3) is 0.667. The first-order valence-electron chi connectivity index (χ1n) is 7.29. The largest absolute Gasteiger partial charge is 0.380 e. The minimum Gasteiger partial charge on any atom is -0.380 e. The molecule has 0 amide bonds. The Balaban J connectivity index is 2.66. The number of pyridine rings is 1. The lowest BCUT2D eigenvalue weighted by Gasteiger charge is -2.25. The smallest absolute Gasteiger partial charge is 0.0641 e. The Labute approximate surface area is 117 Å². The second-order valence-electron chi connectivity index (χ2n) is 4.46. The van der Waals surface area contributed by atoms with Gasteiger partial charge in [0.2, 0.25) is 0 Å². The molecule has 0 aliphatic carbocycles. The average molecular weight is 265 g/mol. The van der Waals surface area contributed by atoms with E-state index in [1.165, 1.54) is 11.3 Å². The highest BCUT2D eigenvalue weighted by atomic mass is 16.5. The molecule has 1 aromatic heterocycles. The van der Waals surface area contributed by atoms with Gasteiger partial charge in [-0.1, -0.05) is 6.92 Å². The number of nitrogens with one attached hydrogen (secondary N) is 1. The summed E-state index contributed by atoms with van der Waals surface area (Å²) in [7, 11) is 0. The Morgan fingerprint density at radius 1 is 1.32 bits per heavy atom. The standard InChI is InChI=1S/C15H27N3O/c1-4-8-16-12-14-7-9-17-13-15(14)18(5-2)10-11-19-6-3/h7,9,13,16H,4-6,8,10-12H2,1-3H3. The second kappa shape index (κ2) is 9.75. The summed E-state index contributed by atoms with van der Waals surface area (Å²) >= 11 is 0. The van der Waals surface area contributed by atoms with Gasteiger partial charge in [0.15, 0.2) is 0 Å². The Bertz CT molecular complexity index is 344. The number of hydrogen-bond acceptors (Lipinski definition) is 4. The molecule has 4 heteroatoms. The van der Waals surface area contributed by atoms with Crippen LogP contribution in [0.25, 0.3) is 0 Å². The molecule has 0 atom stereocenters. The minimum absolute atomic E-state index is 0.765. The maximum absolute atomic E-state index is 5.45. The van der Waals surface area contributed by atoms with Gasteiger partial charge < -0.3 is 15.0 Å². The first-order valence-corrected chi connectivity index (χ1v) is 7.29. The van der Waals surface area contributed by atoms with E-state index in [0.29, 0.717) is 0 Å². The predicted octanol–water partition coefficient (Wildman–Crippen LogP) is 2.44. The number of ether oxygens (including phenoxy) is 1. The number of anilines is 1. The van der Waals surface area contributed by atoms with E-state index in [4.69, 9.17) is 4.74 Å². The SMILES string of the molecule is CCCNCc1ccncc1N(CC)CCOCC. The van der Waals surface area contributed by atoms with E-state index < -0.39 is 0 Å². The van der Waals surface area contributed by atoms with Crippen molar-refractivity contribution < 1.29 is 4.74 Å². The van der Waals surface area contributed by atoms with E-state index in [9.17, 15) is 0 Å². The number of rotatable bonds is 10. The second-order valence-corrected chi connectivity index (χ2v) is 4.46. The minimum atomic E-state index is 0.765. The van der Waals surface area contributed by atoms with E-state index in [2.05, 4.69) is 35.1 Å². The number of likely N-dealkylation sites (N-methyl/N-ethyl adjacent to an activating group) is 1. The van der Waals surface area contributed by atoms with Crippen LogP contribution in [-0.2, 0) is 11.3 Å². The summed E-state index contributed by atoms with van der Waals surface area (Å²) in [6.07, 6.45) is 4.98. The summed E-state index contributed by atoms with van der Waals surface area (Å²) in [5.41, 5.74) is 2.52. The van der Waals surface area contributed by atoms with Crippen molar-refractivity contribution in [1.29, 1.82) is 0 Å². The van der Waals surface area contributed by atoms with Crippen molar-refractivity contribution in [2.75, 3.05) is 37.7 Å². The molecule has 0 aliphatic rings. The first-order chi connectivity index (χ1) is 9.33. The van der Waals surface area contributed by atoms with Crippen LogP contribution in [0.4, 0.5) is 5.69 Å². The van der Waals surface area contributed by atoms with Gasteiger partial charge in [0.25, 0.3) is 0 Å². The molecular weight excluding hydrogens is 238 g/mol. The third-order valence-electron chi connectivity index (χ3n) is 3.06. The molecule has 19 heavy (non-hydrogen) atoms. The third kappa shape index (κ3) is 5.57.